The van der Waals surface area contributed by atoms with Gasteiger partial charge in [0.2, 0.25) is 5.91 Å². The van der Waals surface area contributed by atoms with Crippen LogP contribution in [0, 0.1) is 0 Å². The molecule has 0 aromatic rings. The highest BCUT2D eigenvalue weighted by Gasteiger charge is 2.43. The molecule has 1 fully saturated rings. The van der Waals surface area contributed by atoms with Gasteiger partial charge < -0.3 is 35.2 Å². The van der Waals surface area contributed by atoms with Crippen LogP contribution in [0.4, 0.5) is 0 Å². The molecule has 2 aliphatic heterocycles. The van der Waals surface area contributed by atoms with Gasteiger partial charge in [-0.1, -0.05) is 0 Å². The Morgan fingerprint density at radius 1 is 1.08 bits per heavy atom. The van der Waals surface area contributed by atoms with E-state index in [9.17, 15) is 29.7 Å². The van der Waals surface area contributed by atoms with Crippen LogP contribution < -0.4 is 5.32 Å². The van der Waals surface area contributed by atoms with Crippen molar-refractivity contribution in [1.29, 1.82) is 0 Å². The Kier molecular flexibility index (Phi) is 6.99. The predicted molar refractivity (Wildman–Crippen MR) is 77.1 cm³/mol. The van der Waals surface area contributed by atoms with Gasteiger partial charge in [-0.2, -0.15) is 0 Å². The molecule has 0 radical (unpaired) electrons. The van der Waals surface area contributed by atoms with Gasteiger partial charge >= 0.3 is 11.9 Å². The molecule has 0 aromatic carbocycles. The molecule has 5 N–H and O–H groups in total. The SMILES string of the molecule is CC(=O)N[C@H]1C(O)O[C@H](CO)[C@H](O)[C@@H]1O.CC1=C(C)C(=O)OC1=O. The van der Waals surface area contributed by atoms with Gasteiger partial charge in [-0.25, -0.2) is 9.59 Å². The van der Waals surface area contributed by atoms with Gasteiger partial charge in [0.15, 0.2) is 6.29 Å². The van der Waals surface area contributed by atoms with Crippen LogP contribution in [0.2, 0.25) is 0 Å². The first kappa shape index (κ1) is 20.2. The minimum atomic E-state index is -1.45. The molecule has 2 rings (SSSR count). The Hall–Kier alpha value is -1.85. The summed E-state index contributed by atoms with van der Waals surface area (Å²) in [5, 5.41) is 39.4. The van der Waals surface area contributed by atoms with Crippen LogP contribution >= 0.6 is 0 Å². The van der Waals surface area contributed by atoms with E-state index in [1.165, 1.54) is 6.92 Å². The van der Waals surface area contributed by atoms with Gasteiger partial charge in [-0.05, 0) is 13.8 Å². The first-order chi connectivity index (χ1) is 11.1. The van der Waals surface area contributed by atoms with Crippen molar-refractivity contribution in [1.82, 2.24) is 5.32 Å². The molecular formula is C14H21NO9. The minimum Gasteiger partial charge on any atom is -0.394 e. The first-order valence-electron chi connectivity index (χ1n) is 7.11. The summed E-state index contributed by atoms with van der Waals surface area (Å²) in [6, 6.07) is -1.10. The summed E-state index contributed by atoms with van der Waals surface area (Å²) in [7, 11) is 0. The number of esters is 2. The summed E-state index contributed by atoms with van der Waals surface area (Å²) in [4.78, 5) is 31.7. The molecule has 0 bridgehead atoms. The van der Waals surface area contributed by atoms with Crippen molar-refractivity contribution >= 4 is 17.8 Å². The summed E-state index contributed by atoms with van der Waals surface area (Å²) in [5.41, 5.74) is 0.833. The van der Waals surface area contributed by atoms with E-state index in [0.29, 0.717) is 11.1 Å². The third-order valence-electron chi connectivity index (χ3n) is 3.63. The lowest BCUT2D eigenvalue weighted by Crippen LogP contribution is -2.63. The molecule has 10 nitrogen and oxygen atoms in total. The smallest absolute Gasteiger partial charge is 0.342 e. The molecule has 0 saturated carbocycles. The van der Waals surface area contributed by atoms with Crippen molar-refractivity contribution < 1.29 is 44.3 Å². The fraction of sp³-hybridized carbons (Fsp3) is 0.643. The lowest BCUT2D eigenvalue weighted by atomic mass is 9.97. The zero-order chi connectivity index (χ0) is 18.6. The van der Waals surface area contributed by atoms with Crippen LogP contribution in [-0.4, -0.2) is 75.5 Å². The number of hydrogen-bond acceptors (Lipinski definition) is 9. The van der Waals surface area contributed by atoms with Crippen molar-refractivity contribution in [3.63, 3.8) is 0 Å². The van der Waals surface area contributed by atoms with Gasteiger partial charge in [0.1, 0.15) is 24.4 Å². The van der Waals surface area contributed by atoms with Gasteiger partial charge in [-0.3, -0.25) is 4.79 Å². The number of ether oxygens (including phenoxy) is 2. The fourth-order valence-corrected chi connectivity index (χ4v) is 2.03. The molecule has 1 amide bonds. The van der Waals surface area contributed by atoms with Gasteiger partial charge in [0, 0.05) is 18.1 Å². The summed E-state index contributed by atoms with van der Waals surface area (Å²) in [6.45, 7) is 3.83. The van der Waals surface area contributed by atoms with E-state index >= 15 is 0 Å². The molecule has 2 heterocycles. The second kappa shape index (κ2) is 8.31. The monoisotopic (exact) mass is 347 g/mol. The minimum absolute atomic E-state index is 0.417. The quantitative estimate of drug-likeness (QED) is 0.265. The van der Waals surface area contributed by atoms with E-state index in [-0.39, 0.29) is 0 Å². The zero-order valence-corrected chi connectivity index (χ0v) is 13.4. The number of rotatable bonds is 2. The van der Waals surface area contributed by atoms with Crippen molar-refractivity contribution in [2.45, 2.75) is 51.4 Å². The van der Waals surface area contributed by atoms with Crippen molar-refractivity contribution in [3.8, 4) is 0 Å². The number of carbonyl (C=O) groups excluding carboxylic acids is 3. The van der Waals surface area contributed by atoms with Crippen molar-refractivity contribution in [2.24, 2.45) is 0 Å². The molecule has 136 valence electrons. The Bertz CT molecular complexity index is 522. The highest BCUT2D eigenvalue weighted by molar-refractivity contribution is 6.11. The lowest BCUT2D eigenvalue weighted by Gasteiger charge is -2.40. The maximum absolute atomic E-state index is 10.7. The molecule has 0 spiro atoms. The normalized spacial score (nSPS) is 32.9. The maximum Gasteiger partial charge on any atom is 0.342 e. The number of cyclic esters (lactones) is 2. The van der Waals surface area contributed by atoms with Crippen LogP contribution in [-0.2, 0) is 23.9 Å². The zero-order valence-electron chi connectivity index (χ0n) is 13.4. The number of carbonyl (C=O) groups is 3. The second-order valence-electron chi connectivity index (χ2n) is 5.38. The van der Waals surface area contributed by atoms with E-state index in [4.69, 9.17) is 9.84 Å². The standard InChI is InChI=1S/C8H15NO6.C6H6O3/c1-3(11)9-5-7(13)6(12)4(2-10)15-8(5)14;1-3-4(2)6(8)9-5(3)7/h4-8,10,12-14H,2H2,1H3,(H,9,11);1-2H3/t4-,5-,6+,7-,8?;/m1./s1. The number of aliphatic hydroxyl groups excluding tert-OH is 4. The molecule has 24 heavy (non-hydrogen) atoms. The predicted octanol–water partition coefficient (Wildman–Crippen LogP) is -2.67. The van der Waals surface area contributed by atoms with Crippen LogP contribution in [0.3, 0.4) is 0 Å². The summed E-state index contributed by atoms with van der Waals surface area (Å²) >= 11 is 0. The molecule has 0 aliphatic carbocycles. The van der Waals surface area contributed by atoms with Crippen LogP contribution in [0.25, 0.3) is 0 Å². The van der Waals surface area contributed by atoms with E-state index < -0.39 is 55.1 Å². The van der Waals surface area contributed by atoms with E-state index in [1.54, 1.807) is 13.8 Å². The molecule has 5 atom stereocenters. The van der Waals surface area contributed by atoms with Crippen LogP contribution in [0.15, 0.2) is 11.1 Å². The lowest BCUT2D eigenvalue weighted by molar-refractivity contribution is -0.253. The summed E-state index contributed by atoms with van der Waals surface area (Å²) < 4.78 is 9.05. The molecule has 1 saturated heterocycles. The number of nitrogens with one attached hydrogen (secondary N) is 1. The van der Waals surface area contributed by atoms with Crippen LogP contribution in [0.5, 0.6) is 0 Å². The fourth-order valence-electron chi connectivity index (χ4n) is 2.03. The average molecular weight is 347 g/mol. The molecule has 2 aliphatic rings. The maximum atomic E-state index is 10.7. The van der Waals surface area contributed by atoms with Gasteiger partial charge in [0.05, 0.1) is 6.61 Å². The van der Waals surface area contributed by atoms with Crippen LogP contribution in [0.1, 0.15) is 20.8 Å². The Balaban J connectivity index is 0.000000272. The topological polar surface area (TPSA) is 163 Å². The van der Waals surface area contributed by atoms with E-state index in [2.05, 4.69) is 10.1 Å². The Morgan fingerprint density at radius 3 is 1.92 bits per heavy atom. The molecule has 0 aromatic heterocycles. The third-order valence-corrected chi connectivity index (χ3v) is 3.63. The number of amides is 1. The van der Waals surface area contributed by atoms with Crippen molar-refractivity contribution in [3.05, 3.63) is 11.1 Å². The first-order valence-corrected chi connectivity index (χ1v) is 7.11. The summed E-state index contributed by atoms with van der Waals surface area (Å²) in [6.07, 6.45) is -5.24. The van der Waals surface area contributed by atoms with Gasteiger partial charge in [0.25, 0.3) is 0 Å². The number of aliphatic hydroxyl groups is 4. The summed E-state index contributed by atoms with van der Waals surface area (Å²) in [5.74, 6) is -1.49. The second-order valence-corrected chi connectivity index (χ2v) is 5.38. The largest absolute Gasteiger partial charge is 0.394 e. The van der Waals surface area contributed by atoms with Crippen molar-refractivity contribution in [2.75, 3.05) is 6.61 Å². The Labute approximate surface area is 137 Å². The molecule has 10 heteroatoms. The highest BCUT2D eigenvalue weighted by atomic mass is 16.6. The Morgan fingerprint density at radius 2 is 1.58 bits per heavy atom. The number of hydrogen-bond donors (Lipinski definition) is 5. The molecular weight excluding hydrogens is 326 g/mol. The van der Waals surface area contributed by atoms with E-state index in [1.807, 2.05) is 0 Å². The van der Waals surface area contributed by atoms with E-state index in [0.717, 1.165) is 0 Å². The average Bonchev–Trinajstić information content (AvgIpc) is 2.74. The third kappa shape index (κ3) is 4.58. The molecule has 1 unspecified atom stereocenters. The highest BCUT2D eigenvalue weighted by Crippen LogP contribution is 2.19. The van der Waals surface area contributed by atoms with Gasteiger partial charge in [-0.15, -0.1) is 0 Å².